The van der Waals surface area contributed by atoms with Gasteiger partial charge < -0.3 is 4.90 Å². The zero-order valence-electron chi connectivity index (χ0n) is 11.8. The number of halogens is 2. The quantitative estimate of drug-likeness (QED) is 0.580. The van der Waals surface area contributed by atoms with E-state index in [1.54, 1.807) is 28.8 Å². The number of thioether (sulfide) groups is 1. The molecule has 2 nitrogen and oxygen atoms in total. The number of alkyl halides is 1. The summed E-state index contributed by atoms with van der Waals surface area (Å²) in [5.74, 6) is -0.356. The van der Waals surface area contributed by atoms with Crippen LogP contribution in [-0.2, 0) is 16.2 Å². The zero-order valence-corrected chi connectivity index (χ0v) is 13.4. The molecule has 1 amide bonds. The van der Waals surface area contributed by atoms with Crippen molar-refractivity contribution in [1.82, 2.24) is 4.90 Å². The average molecular weight is 334 g/mol. The van der Waals surface area contributed by atoms with Crippen LogP contribution < -0.4 is 0 Å². The second-order valence-corrected chi connectivity index (χ2v) is 7.41. The summed E-state index contributed by atoms with van der Waals surface area (Å²) < 4.78 is 13.2. The lowest BCUT2D eigenvalue weighted by Gasteiger charge is -2.57. The summed E-state index contributed by atoms with van der Waals surface area (Å²) in [5, 5.41) is -0.627. The topological polar surface area (TPSA) is 20.3 Å². The van der Waals surface area contributed by atoms with Gasteiger partial charge in [-0.2, -0.15) is 0 Å². The lowest BCUT2D eigenvalue weighted by molar-refractivity contribution is -0.149. The molecule has 5 heteroatoms. The number of carbonyl (C=O) groups excluding carboxylic acids is 1. The third kappa shape index (κ3) is 1.77. The largest absolute Gasteiger partial charge is 0.316 e. The van der Waals surface area contributed by atoms with Crippen LogP contribution in [0.15, 0.2) is 47.4 Å². The van der Waals surface area contributed by atoms with Gasteiger partial charge in [0.05, 0.1) is 0 Å². The van der Waals surface area contributed by atoms with Gasteiger partial charge in [-0.05, 0) is 36.2 Å². The van der Waals surface area contributed by atoms with Crippen LogP contribution in [-0.4, -0.2) is 16.2 Å². The molecular formula is C17H13ClFNOS. The van der Waals surface area contributed by atoms with E-state index in [1.807, 2.05) is 6.92 Å². The van der Waals surface area contributed by atoms with E-state index >= 15 is 0 Å². The number of fused-ring (bicyclic) bond motifs is 2. The molecule has 1 fully saturated rings. The maximum absolute atomic E-state index is 13.2. The molecule has 2 atom stereocenters. The number of aryl methyl sites for hydroxylation is 1. The highest BCUT2D eigenvalue weighted by molar-refractivity contribution is 8.00. The van der Waals surface area contributed by atoms with Gasteiger partial charge in [0.1, 0.15) is 16.1 Å². The molecule has 2 aromatic carbocycles. The average Bonchev–Trinajstić information content (AvgIpc) is 2.53. The lowest BCUT2D eigenvalue weighted by atomic mass is 9.90. The number of nitrogens with zero attached hydrogens (tertiary/aromatic N) is 1. The van der Waals surface area contributed by atoms with Crippen LogP contribution in [0.5, 0.6) is 0 Å². The first-order chi connectivity index (χ1) is 10.5. The van der Waals surface area contributed by atoms with Crippen LogP contribution >= 0.6 is 23.4 Å². The Balaban J connectivity index is 1.84. The Kier molecular flexibility index (Phi) is 3.03. The van der Waals surface area contributed by atoms with E-state index in [9.17, 15) is 9.18 Å². The van der Waals surface area contributed by atoms with Gasteiger partial charge in [0.2, 0.25) is 5.91 Å². The molecule has 0 aliphatic carbocycles. The molecule has 1 saturated heterocycles. The van der Waals surface area contributed by atoms with Crippen molar-refractivity contribution in [3.05, 3.63) is 65.0 Å². The number of carbonyl (C=O) groups is 1. The fourth-order valence-electron chi connectivity index (χ4n) is 3.16. The van der Waals surface area contributed by atoms with Gasteiger partial charge in [0.15, 0.2) is 0 Å². The number of hydrogen-bond acceptors (Lipinski definition) is 2. The minimum Gasteiger partial charge on any atom is -0.316 e. The smallest absolute Gasteiger partial charge is 0.246 e. The first-order valence-electron chi connectivity index (χ1n) is 7.02. The Morgan fingerprint density at radius 1 is 1.27 bits per heavy atom. The normalized spacial score (nSPS) is 26.2. The fourth-order valence-corrected chi connectivity index (χ4v) is 5.10. The Morgan fingerprint density at radius 3 is 2.73 bits per heavy atom. The molecule has 2 aliphatic heterocycles. The van der Waals surface area contributed by atoms with E-state index in [1.165, 1.54) is 17.7 Å². The summed E-state index contributed by atoms with van der Waals surface area (Å²) in [7, 11) is 0. The Morgan fingerprint density at radius 2 is 2.00 bits per heavy atom. The van der Waals surface area contributed by atoms with Crippen molar-refractivity contribution in [2.24, 2.45) is 0 Å². The van der Waals surface area contributed by atoms with Gasteiger partial charge in [-0.3, -0.25) is 4.79 Å². The van der Waals surface area contributed by atoms with E-state index in [2.05, 4.69) is 18.2 Å². The van der Waals surface area contributed by atoms with Crippen LogP contribution in [0.2, 0.25) is 0 Å². The number of rotatable bonds is 1. The van der Waals surface area contributed by atoms with Gasteiger partial charge in [-0.25, -0.2) is 4.39 Å². The molecular weight excluding hydrogens is 321 g/mol. The van der Waals surface area contributed by atoms with E-state index in [0.29, 0.717) is 6.54 Å². The molecule has 22 heavy (non-hydrogen) atoms. The zero-order chi connectivity index (χ0) is 15.5. The highest BCUT2D eigenvalue weighted by atomic mass is 35.5. The Hall–Kier alpha value is -1.52. The van der Waals surface area contributed by atoms with Crippen LogP contribution in [0.4, 0.5) is 4.39 Å². The number of β-lactam (4-membered cyclic amide) rings is 1. The molecule has 0 aromatic heterocycles. The second-order valence-electron chi connectivity index (χ2n) is 5.70. The predicted molar refractivity (Wildman–Crippen MR) is 85.3 cm³/mol. The maximum atomic E-state index is 13.2. The maximum Gasteiger partial charge on any atom is 0.246 e. The van der Waals surface area contributed by atoms with Gasteiger partial charge in [0.25, 0.3) is 0 Å². The van der Waals surface area contributed by atoms with Crippen LogP contribution in [0.3, 0.4) is 0 Å². The van der Waals surface area contributed by atoms with E-state index in [4.69, 9.17) is 11.6 Å². The minimum absolute atomic E-state index is 0.0642. The fraction of sp³-hybridized carbons (Fsp3) is 0.235. The van der Waals surface area contributed by atoms with Crippen molar-refractivity contribution in [1.29, 1.82) is 0 Å². The third-order valence-corrected chi connectivity index (χ3v) is 6.55. The number of hydrogen-bond donors (Lipinski definition) is 0. The van der Waals surface area contributed by atoms with Crippen molar-refractivity contribution >= 4 is 29.3 Å². The predicted octanol–water partition coefficient (Wildman–Crippen LogP) is 4.04. The molecule has 0 bridgehead atoms. The first-order valence-corrected chi connectivity index (χ1v) is 8.28. The minimum atomic E-state index is -0.630. The summed E-state index contributed by atoms with van der Waals surface area (Å²) in [6, 6.07) is 12.5. The summed E-state index contributed by atoms with van der Waals surface area (Å²) in [4.78, 5) is 14.5. The molecule has 0 radical (unpaired) electrons. The van der Waals surface area contributed by atoms with Crippen molar-refractivity contribution in [3.63, 3.8) is 0 Å². The molecule has 0 saturated carbocycles. The monoisotopic (exact) mass is 333 g/mol. The Labute approximate surface area is 137 Å². The molecule has 4 rings (SSSR count). The van der Waals surface area contributed by atoms with E-state index < -0.39 is 10.2 Å². The van der Waals surface area contributed by atoms with Crippen molar-refractivity contribution in [3.8, 4) is 0 Å². The van der Waals surface area contributed by atoms with Crippen LogP contribution in [0.1, 0.15) is 16.7 Å². The van der Waals surface area contributed by atoms with Gasteiger partial charge in [0, 0.05) is 11.4 Å². The van der Waals surface area contributed by atoms with Crippen molar-refractivity contribution < 1.29 is 9.18 Å². The summed E-state index contributed by atoms with van der Waals surface area (Å²) in [5.41, 5.74) is 3.17. The number of amides is 1. The van der Waals surface area contributed by atoms with Gasteiger partial charge in [-0.15, -0.1) is 11.6 Å². The lowest BCUT2D eigenvalue weighted by Crippen LogP contribution is -2.68. The highest BCUT2D eigenvalue weighted by Gasteiger charge is 2.63. The SMILES string of the molecule is Cc1ccc2c(c1)CN1C(=O)[C@@H](Cl)[C@]1(c1ccc(F)cc1)S2. The van der Waals surface area contributed by atoms with Gasteiger partial charge in [-0.1, -0.05) is 41.6 Å². The van der Waals surface area contributed by atoms with E-state index in [-0.39, 0.29) is 11.7 Å². The highest BCUT2D eigenvalue weighted by Crippen LogP contribution is 2.59. The van der Waals surface area contributed by atoms with Gasteiger partial charge >= 0.3 is 0 Å². The molecule has 2 aromatic rings. The standard InChI is InChI=1S/C17H13ClFNOS/c1-10-2-7-14-11(8-10)9-20-16(21)15(18)17(20,22-14)12-3-5-13(19)6-4-12/h2-8,15H,9H2,1H3/t15-,17+/m1/s1. The molecule has 2 aliphatic rings. The van der Waals surface area contributed by atoms with E-state index in [0.717, 1.165) is 16.0 Å². The number of benzene rings is 2. The Bertz CT molecular complexity index is 779. The summed E-state index contributed by atoms with van der Waals surface area (Å²) in [6.07, 6.45) is 0. The first kappa shape index (κ1) is 14.1. The van der Waals surface area contributed by atoms with Crippen molar-refractivity contribution in [2.45, 2.75) is 28.6 Å². The second kappa shape index (κ2) is 4.74. The summed E-state index contributed by atoms with van der Waals surface area (Å²) >= 11 is 7.98. The molecule has 112 valence electrons. The third-order valence-electron chi connectivity index (χ3n) is 4.30. The molecule has 0 unspecified atom stereocenters. The van der Waals surface area contributed by atoms with Crippen molar-refractivity contribution in [2.75, 3.05) is 0 Å². The molecule has 2 heterocycles. The van der Waals surface area contributed by atoms with Crippen LogP contribution in [0.25, 0.3) is 0 Å². The molecule has 0 spiro atoms. The molecule has 0 N–H and O–H groups in total. The summed E-state index contributed by atoms with van der Waals surface area (Å²) in [6.45, 7) is 2.58. The van der Waals surface area contributed by atoms with Crippen LogP contribution in [0, 0.1) is 12.7 Å².